The monoisotopic (exact) mass is 310 g/mol. The van der Waals surface area contributed by atoms with Gasteiger partial charge in [0, 0.05) is 0 Å². The van der Waals surface area contributed by atoms with E-state index in [0.717, 1.165) is 29.4 Å². The van der Waals surface area contributed by atoms with Crippen LogP contribution < -0.4 is 4.74 Å². The Morgan fingerprint density at radius 1 is 1.04 bits per heavy atom. The number of fused-ring (bicyclic) bond motifs is 1. The molecule has 3 rings (SSSR count). The number of hydrogen-bond acceptors (Lipinski definition) is 1. The minimum Gasteiger partial charge on any atom is -0.490 e. The molecular weight excluding hydrogens is 280 g/mol. The Hall–Kier alpha value is -1.50. The van der Waals surface area contributed by atoms with E-state index in [1.165, 1.54) is 44.1 Å². The summed E-state index contributed by atoms with van der Waals surface area (Å²) in [4.78, 5) is 0. The number of benzene rings is 1. The van der Waals surface area contributed by atoms with Gasteiger partial charge in [-0.05, 0) is 86.8 Å². The molecule has 2 aliphatic rings. The minimum absolute atomic E-state index is 0.660. The van der Waals surface area contributed by atoms with E-state index in [9.17, 15) is 0 Å². The molecule has 0 saturated heterocycles. The van der Waals surface area contributed by atoms with Crippen LogP contribution in [-0.4, -0.2) is 6.61 Å². The van der Waals surface area contributed by atoms with Crippen LogP contribution in [0.25, 0.3) is 0 Å². The molecule has 1 aromatic carbocycles. The summed E-state index contributed by atoms with van der Waals surface area (Å²) in [5, 5.41) is 0. The molecule has 1 aromatic rings. The van der Waals surface area contributed by atoms with E-state index in [1.807, 2.05) is 19.1 Å². The zero-order valence-electron chi connectivity index (χ0n) is 14.4. The molecule has 0 heterocycles. The Kier molecular flexibility index (Phi) is 5.59. The molecule has 23 heavy (non-hydrogen) atoms. The first-order chi connectivity index (χ1) is 11.3. The van der Waals surface area contributed by atoms with Gasteiger partial charge in [0.2, 0.25) is 0 Å². The summed E-state index contributed by atoms with van der Waals surface area (Å²) >= 11 is 0. The third kappa shape index (κ3) is 4.07. The lowest BCUT2D eigenvalue weighted by atomic mass is 9.64. The van der Waals surface area contributed by atoms with Crippen molar-refractivity contribution < 1.29 is 4.74 Å². The number of rotatable bonds is 5. The zero-order chi connectivity index (χ0) is 16.1. The number of allylic oxidation sites excluding steroid dienone is 2. The first-order valence-corrected chi connectivity index (χ1v) is 9.26. The molecule has 1 heteroatoms. The molecule has 0 radical (unpaired) electrons. The summed E-state index contributed by atoms with van der Waals surface area (Å²) in [6.45, 7) is 6.68. The van der Waals surface area contributed by atoms with Crippen molar-refractivity contribution in [3.05, 3.63) is 54.6 Å². The first kappa shape index (κ1) is 16.4. The van der Waals surface area contributed by atoms with Crippen LogP contribution >= 0.6 is 0 Å². The molecule has 0 N–H and O–H groups in total. The molecule has 4 atom stereocenters. The molecule has 1 nitrogen and oxygen atoms in total. The smallest absolute Gasteiger partial charge is 0.119 e. The second kappa shape index (κ2) is 7.86. The summed E-state index contributed by atoms with van der Waals surface area (Å²) in [6, 6.07) is 8.84. The van der Waals surface area contributed by atoms with Gasteiger partial charge in [0.1, 0.15) is 12.4 Å². The second-order valence-electron chi connectivity index (χ2n) is 7.29. The van der Waals surface area contributed by atoms with Gasteiger partial charge in [-0.3, -0.25) is 0 Å². The molecule has 2 saturated carbocycles. The molecular formula is C22H30O. The summed E-state index contributed by atoms with van der Waals surface area (Å²) in [5.41, 5.74) is 1.51. The Balaban J connectivity index is 1.57. The fraction of sp³-hybridized carbons (Fsp3) is 0.545. The fourth-order valence-corrected chi connectivity index (χ4v) is 4.52. The van der Waals surface area contributed by atoms with Crippen molar-refractivity contribution >= 4 is 0 Å². The topological polar surface area (TPSA) is 9.23 Å². The van der Waals surface area contributed by atoms with Crippen LogP contribution in [0.3, 0.4) is 0 Å². The van der Waals surface area contributed by atoms with E-state index in [2.05, 4.69) is 36.9 Å². The summed E-state index contributed by atoms with van der Waals surface area (Å²) in [6.07, 6.45) is 14.5. The molecule has 0 bridgehead atoms. The van der Waals surface area contributed by atoms with E-state index in [1.54, 1.807) is 0 Å². The summed E-state index contributed by atoms with van der Waals surface area (Å²) in [7, 11) is 0. The molecule has 0 aliphatic heterocycles. The third-order valence-corrected chi connectivity index (χ3v) is 5.92. The fourth-order valence-electron chi connectivity index (χ4n) is 4.52. The van der Waals surface area contributed by atoms with Gasteiger partial charge in [0.05, 0.1) is 0 Å². The van der Waals surface area contributed by atoms with Crippen molar-refractivity contribution in [2.45, 2.75) is 51.4 Å². The van der Waals surface area contributed by atoms with Crippen molar-refractivity contribution in [1.29, 1.82) is 0 Å². The van der Waals surface area contributed by atoms with E-state index < -0.39 is 0 Å². The Bertz CT molecular complexity index is 527. The van der Waals surface area contributed by atoms with Gasteiger partial charge in [-0.2, -0.15) is 0 Å². The highest BCUT2D eigenvalue weighted by molar-refractivity contribution is 5.30. The zero-order valence-corrected chi connectivity index (χ0v) is 14.4. The van der Waals surface area contributed by atoms with Crippen LogP contribution in [0.1, 0.15) is 56.9 Å². The lowest BCUT2D eigenvalue weighted by Gasteiger charge is -2.41. The minimum atomic E-state index is 0.660. The first-order valence-electron chi connectivity index (χ1n) is 9.26. The SMILES string of the molecule is C=CC1CCC2CC(c3ccc(OC/C=C/C)cc3)CCC2C1. The van der Waals surface area contributed by atoms with Gasteiger partial charge in [0.15, 0.2) is 0 Å². The average Bonchev–Trinajstić information content (AvgIpc) is 2.61. The quantitative estimate of drug-likeness (QED) is 0.595. The largest absolute Gasteiger partial charge is 0.490 e. The molecule has 124 valence electrons. The van der Waals surface area contributed by atoms with Gasteiger partial charge < -0.3 is 4.74 Å². The van der Waals surface area contributed by atoms with Gasteiger partial charge in [-0.1, -0.05) is 30.4 Å². The Morgan fingerprint density at radius 2 is 1.78 bits per heavy atom. The normalized spacial score (nSPS) is 30.8. The molecule has 0 spiro atoms. The number of hydrogen-bond donors (Lipinski definition) is 0. The van der Waals surface area contributed by atoms with Crippen LogP contribution in [-0.2, 0) is 0 Å². The molecule has 0 amide bonds. The van der Waals surface area contributed by atoms with Crippen molar-refractivity contribution in [2.24, 2.45) is 17.8 Å². The van der Waals surface area contributed by atoms with Crippen LogP contribution in [0.4, 0.5) is 0 Å². The van der Waals surface area contributed by atoms with Crippen molar-refractivity contribution in [3.8, 4) is 5.75 Å². The highest BCUT2D eigenvalue weighted by Crippen LogP contribution is 2.47. The molecule has 2 aliphatic carbocycles. The standard InChI is InChI=1S/C22H30O/c1-3-5-14-23-22-12-10-18(11-13-22)20-9-8-19-15-17(4-2)6-7-21(19)16-20/h3-5,10-13,17,19-21H,2,6-9,14-16H2,1H3/b5-3+. The predicted molar refractivity (Wildman–Crippen MR) is 97.9 cm³/mol. The highest BCUT2D eigenvalue weighted by Gasteiger charge is 2.35. The van der Waals surface area contributed by atoms with E-state index in [4.69, 9.17) is 4.74 Å². The van der Waals surface area contributed by atoms with Crippen molar-refractivity contribution in [3.63, 3.8) is 0 Å². The Labute approximate surface area is 141 Å². The lowest BCUT2D eigenvalue weighted by molar-refractivity contribution is 0.133. The van der Waals surface area contributed by atoms with Crippen LogP contribution in [0.5, 0.6) is 5.75 Å². The van der Waals surface area contributed by atoms with E-state index in [-0.39, 0.29) is 0 Å². The highest BCUT2D eigenvalue weighted by atomic mass is 16.5. The summed E-state index contributed by atoms with van der Waals surface area (Å²) < 4.78 is 5.70. The molecule has 2 fully saturated rings. The average molecular weight is 310 g/mol. The molecule has 0 aromatic heterocycles. The van der Waals surface area contributed by atoms with Crippen molar-refractivity contribution in [1.82, 2.24) is 0 Å². The van der Waals surface area contributed by atoms with Crippen molar-refractivity contribution in [2.75, 3.05) is 6.61 Å². The van der Waals surface area contributed by atoms with Gasteiger partial charge in [-0.25, -0.2) is 0 Å². The van der Waals surface area contributed by atoms with Gasteiger partial charge >= 0.3 is 0 Å². The van der Waals surface area contributed by atoms with Gasteiger partial charge in [-0.15, -0.1) is 6.58 Å². The lowest BCUT2D eigenvalue weighted by Crippen LogP contribution is -2.29. The van der Waals surface area contributed by atoms with Crippen LogP contribution in [0.15, 0.2) is 49.1 Å². The maximum absolute atomic E-state index is 5.70. The van der Waals surface area contributed by atoms with E-state index in [0.29, 0.717) is 6.61 Å². The maximum atomic E-state index is 5.70. The summed E-state index contributed by atoms with van der Waals surface area (Å²) in [5.74, 6) is 4.40. The Morgan fingerprint density at radius 3 is 2.52 bits per heavy atom. The van der Waals surface area contributed by atoms with E-state index >= 15 is 0 Å². The number of ether oxygens (including phenoxy) is 1. The third-order valence-electron chi connectivity index (χ3n) is 5.92. The maximum Gasteiger partial charge on any atom is 0.119 e. The second-order valence-corrected chi connectivity index (χ2v) is 7.29. The molecule has 4 unspecified atom stereocenters. The van der Waals surface area contributed by atoms with Gasteiger partial charge in [0.25, 0.3) is 0 Å². The van der Waals surface area contributed by atoms with Crippen LogP contribution in [0, 0.1) is 17.8 Å². The predicted octanol–water partition coefficient (Wildman–Crippen LogP) is 6.13. The van der Waals surface area contributed by atoms with Crippen LogP contribution in [0.2, 0.25) is 0 Å².